The van der Waals surface area contributed by atoms with Crippen LogP contribution in [-0.2, 0) is 4.79 Å². The number of carbonyl (C=O) groups excluding carboxylic acids is 1. The molecular weight excluding hydrogens is 262 g/mol. The first-order valence-corrected chi connectivity index (χ1v) is 7.18. The molecule has 0 aromatic heterocycles. The second-order valence-electron chi connectivity index (χ2n) is 5.67. The molecule has 2 amide bonds. The highest BCUT2D eigenvalue weighted by molar-refractivity contribution is 5.83. The number of urea groups is 1. The molecule has 0 aromatic rings. The van der Waals surface area contributed by atoms with Crippen LogP contribution >= 0.6 is 0 Å². The first-order valence-electron chi connectivity index (χ1n) is 7.18. The van der Waals surface area contributed by atoms with E-state index >= 15 is 0 Å². The van der Waals surface area contributed by atoms with Crippen LogP contribution in [0, 0.1) is 0 Å². The smallest absolute Gasteiger partial charge is 0.326 e. The molecule has 2 unspecified atom stereocenters. The van der Waals surface area contributed by atoms with Crippen molar-refractivity contribution in [1.29, 1.82) is 0 Å². The molecule has 0 spiro atoms. The first kappa shape index (κ1) is 15.1. The third-order valence-corrected chi connectivity index (χ3v) is 4.14. The molecule has 0 radical (unpaired) electrons. The van der Waals surface area contributed by atoms with Gasteiger partial charge in [-0.2, -0.15) is 0 Å². The van der Waals surface area contributed by atoms with Gasteiger partial charge in [-0.25, -0.2) is 9.59 Å². The number of aliphatic hydroxyl groups excluding tert-OH is 1. The summed E-state index contributed by atoms with van der Waals surface area (Å²) in [5, 5.41) is 21.4. The number of β-amino-alcohol motifs (C(OH)–C–C–N with tert-alkyl or cyclic N) is 1. The van der Waals surface area contributed by atoms with Crippen LogP contribution in [0.5, 0.6) is 0 Å². The van der Waals surface area contributed by atoms with Crippen molar-refractivity contribution >= 4 is 12.0 Å². The van der Waals surface area contributed by atoms with Crippen LogP contribution in [-0.4, -0.2) is 76.4 Å². The van der Waals surface area contributed by atoms with Gasteiger partial charge in [-0.3, -0.25) is 4.90 Å². The Labute approximate surface area is 118 Å². The zero-order valence-corrected chi connectivity index (χ0v) is 11.8. The summed E-state index contributed by atoms with van der Waals surface area (Å²) in [6.07, 6.45) is 1.73. The Morgan fingerprint density at radius 1 is 1.35 bits per heavy atom. The van der Waals surface area contributed by atoms with Gasteiger partial charge in [0.05, 0.1) is 6.10 Å². The van der Waals surface area contributed by atoms with Gasteiger partial charge in [0.15, 0.2) is 0 Å². The van der Waals surface area contributed by atoms with Gasteiger partial charge in [0.1, 0.15) is 6.04 Å². The molecule has 114 valence electrons. The largest absolute Gasteiger partial charge is 0.480 e. The first-order chi connectivity index (χ1) is 9.49. The molecule has 2 saturated heterocycles. The number of carboxylic acids is 1. The molecule has 2 fully saturated rings. The predicted molar refractivity (Wildman–Crippen MR) is 72.4 cm³/mol. The van der Waals surface area contributed by atoms with Crippen LogP contribution in [0.15, 0.2) is 0 Å². The quantitative estimate of drug-likeness (QED) is 0.659. The highest BCUT2D eigenvalue weighted by atomic mass is 16.4. The minimum Gasteiger partial charge on any atom is -0.480 e. The van der Waals surface area contributed by atoms with Gasteiger partial charge in [-0.05, 0) is 32.9 Å². The lowest BCUT2D eigenvalue weighted by atomic mass is 10.2. The highest BCUT2D eigenvalue weighted by Crippen LogP contribution is 2.18. The van der Waals surface area contributed by atoms with E-state index in [0.29, 0.717) is 6.54 Å². The Kier molecular flexibility index (Phi) is 4.82. The zero-order valence-electron chi connectivity index (χ0n) is 11.8. The monoisotopic (exact) mass is 285 g/mol. The van der Waals surface area contributed by atoms with Crippen molar-refractivity contribution in [3.63, 3.8) is 0 Å². The Morgan fingerprint density at radius 2 is 2.00 bits per heavy atom. The van der Waals surface area contributed by atoms with E-state index in [9.17, 15) is 14.7 Å². The zero-order chi connectivity index (χ0) is 14.7. The van der Waals surface area contributed by atoms with Gasteiger partial charge in [0.25, 0.3) is 0 Å². The average molecular weight is 285 g/mol. The number of likely N-dealkylation sites (tertiary alicyclic amines) is 2. The molecule has 0 aromatic carbocycles. The lowest BCUT2D eigenvalue weighted by molar-refractivity contribution is -0.141. The Bertz CT molecular complexity index is 371. The van der Waals surface area contributed by atoms with E-state index in [-0.39, 0.29) is 19.0 Å². The maximum atomic E-state index is 12.0. The molecule has 2 rings (SSSR count). The summed E-state index contributed by atoms with van der Waals surface area (Å²) in [5.41, 5.74) is 0. The maximum absolute atomic E-state index is 12.0. The number of carboxylic acid groups (broad SMARTS) is 1. The van der Waals surface area contributed by atoms with Crippen LogP contribution < -0.4 is 5.32 Å². The normalized spacial score (nSPS) is 28.6. The van der Waals surface area contributed by atoms with Gasteiger partial charge in [-0.1, -0.05) is 0 Å². The molecule has 0 aliphatic carbocycles. The van der Waals surface area contributed by atoms with Gasteiger partial charge >= 0.3 is 12.0 Å². The van der Waals surface area contributed by atoms with Crippen LogP contribution in [0.4, 0.5) is 4.79 Å². The number of aliphatic hydroxyl groups is 1. The molecule has 20 heavy (non-hydrogen) atoms. The fourth-order valence-corrected chi connectivity index (χ4v) is 2.92. The fourth-order valence-electron chi connectivity index (χ4n) is 2.92. The number of hydrogen-bond donors (Lipinski definition) is 3. The van der Waals surface area contributed by atoms with Gasteiger partial charge in [-0.15, -0.1) is 0 Å². The van der Waals surface area contributed by atoms with Crippen molar-refractivity contribution in [2.45, 2.75) is 44.4 Å². The van der Waals surface area contributed by atoms with E-state index in [4.69, 9.17) is 5.11 Å². The van der Waals surface area contributed by atoms with Crippen LogP contribution in [0.1, 0.15) is 26.2 Å². The Morgan fingerprint density at radius 3 is 2.60 bits per heavy atom. The van der Waals surface area contributed by atoms with Crippen molar-refractivity contribution in [3.05, 3.63) is 0 Å². The molecule has 2 aliphatic heterocycles. The molecule has 3 atom stereocenters. The SMILES string of the molecule is CC(CNC(=O)N1CC(O)C[C@H]1C(=O)O)N1CCCC1. The van der Waals surface area contributed by atoms with Gasteiger partial charge in [0, 0.05) is 25.6 Å². The summed E-state index contributed by atoms with van der Waals surface area (Å²) in [6, 6.07) is -1.08. The number of nitrogens with zero attached hydrogens (tertiary/aromatic N) is 2. The lowest BCUT2D eigenvalue weighted by Crippen LogP contribution is -2.49. The third-order valence-electron chi connectivity index (χ3n) is 4.14. The predicted octanol–water partition coefficient (Wildman–Crippen LogP) is -0.300. The lowest BCUT2D eigenvalue weighted by Gasteiger charge is -2.26. The van der Waals surface area contributed by atoms with E-state index in [1.165, 1.54) is 17.7 Å². The van der Waals surface area contributed by atoms with Crippen molar-refractivity contribution in [3.8, 4) is 0 Å². The van der Waals surface area contributed by atoms with E-state index < -0.39 is 24.1 Å². The maximum Gasteiger partial charge on any atom is 0.326 e. The Hall–Kier alpha value is -1.34. The van der Waals surface area contributed by atoms with Crippen LogP contribution in [0.25, 0.3) is 0 Å². The third kappa shape index (κ3) is 3.40. The van der Waals surface area contributed by atoms with Gasteiger partial charge in [0.2, 0.25) is 0 Å². The van der Waals surface area contributed by atoms with Crippen LogP contribution in [0.2, 0.25) is 0 Å². The molecule has 2 heterocycles. The summed E-state index contributed by atoms with van der Waals surface area (Å²) in [4.78, 5) is 26.6. The van der Waals surface area contributed by atoms with E-state index in [2.05, 4.69) is 17.1 Å². The number of rotatable bonds is 4. The number of aliphatic carboxylic acids is 1. The molecule has 7 nitrogen and oxygen atoms in total. The standard InChI is InChI=1S/C13H23N3O4/c1-9(15-4-2-3-5-15)7-14-13(20)16-8-10(17)6-11(16)12(18)19/h9-11,17H,2-8H2,1H3,(H,14,20)(H,18,19)/t9?,10?,11-/m0/s1. The molecule has 7 heteroatoms. The summed E-state index contributed by atoms with van der Waals surface area (Å²) in [7, 11) is 0. The molecular formula is C13H23N3O4. The molecule has 3 N–H and O–H groups in total. The molecule has 0 bridgehead atoms. The molecule has 0 saturated carbocycles. The van der Waals surface area contributed by atoms with Crippen LogP contribution in [0.3, 0.4) is 0 Å². The van der Waals surface area contributed by atoms with E-state index in [1.807, 2.05) is 0 Å². The number of carbonyl (C=O) groups is 2. The second kappa shape index (κ2) is 6.41. The van der Waals surface area contributed by atoms with Crippen molar-refractivity contribution in [2.24, 2.45) is 0 Å². The number of amides is 2. The molecule has 2 aliphatic rings. The highest BCUT2D eigenvalue weighted by Gasteiger charge is 2.39. The second-order valence-corrected chi connectivity index (χ2v) is 5.67. The number of hydrogen-bond acceptors (Lipinski definition) is 4. The van der Waals surface area contributed by atoms with Gasteiger partial charge < -0.3 is 20.4 Å². The topological polar surface area (TPSA) is 93.1 Å². The minimum atomic E-state index is -1.07. The average Bonchev–Trinajstić information content (AvgIpc) is 3.04. The van der Waals surface area contributed by atoms with Crippen molar-refractivity contribution in [1.82, 2.24) is 15.1 Å². The van der Waals surface area contributed by atoms with E-state index in [0.717, 1.165) is 13.1 Å². The summed E-state index contributed by atoms with van der Waals surface area (Å²) >= 11 is 0. The summed E-state index contributed by atoms with van der Waals surface area (Å²) in [5.74, 6) is -1.07. The van der Waals surface area contributed by atoms with Crippen molar-refractivity contribution < 1.29 is 19.8 Å². The number of nitrogens with one attached hydrogen (secondary N) is 1. The van der Waals surface area contributed by atoms with E-state index in [1.54, 1.807) is 0 Å². The summed E-state index contributed by atoms with van der Waals surface area (Å²) in [6.45, 7) is 4.74. The summed E-state index contributed by atoms with van der Waals surface area (Å²) < 4.78 is 0. The Balaban J connectivity index is 1.83. The van der Waals surface area contributed by atoms with Crippen molar-refractivity contribution in [2.75, 3.05) is 26.2 Å². The fraction of sp³-hybridized carbons (Fsp3) is 0.846. The minimum absolute atomic E-state index is 0.0842.